The van der Waals surface area contributed by atoms with Gasteiger partial charge in [-0.25, -0.2) is 0 Å². The van der Waals surface area contributed by atoms with Crippen LogP contribution in [0.3, 0.4) is 0 Å². The minimum absolute atomic E-state index is 0.0637. The van der Waals surface area contributed by atoms with Crippen molar-refractivity contribution in [2.75, 3.05) is 13.1 Å². The summed E-state index contributed by atoms with van der Waals surface area (Å²) in [5.74, 6) is -0.0318. The second kappa shape index (κ2) is 11.1. The summed E-state index contributed by atoms with van der Waals surface area (Å²) >= 11 is 0. The Morgan fingerprint density at radius 2 is 1.95 bits per heavy atom. The third-order valence-corrected chi connectivity index (χ3v) is 6.02. The predicted octanol–water partition coefficient (Wildman–Crippen LogP) is 4.76. The second-order valence-electron chi connectivity index (χ2n) is 9.80. The van der Waals surface area contributed by atoms with Crippen LogP contribution in [-0.2, 0) is 22.2 Å². The average molecular weight is 529 g/mol. The van der Waals surface area contributed by atoms with Crippen LogP contribution >= 0.6 is 0 Å². The molecule has 1 aromatic heterocycles. The summed E-state index contributed by atoms with van der Waals surface area (Å²) in [7, 11) is 0. The number of aryl methyl sites for hydroxylation is 1. The summed E-state index contributed by atoms with van der Waals surface area (Å²) in [6.45, 7) is 4.86. The number of benzene rings is 1. The summed E-state index contributed by atoms with van der Waals surface area (Å²) in [6, 6.07) is 4.70. The molecule has 200 valence electrons. The Morgan fingerprint density at radius 3 is 2.74 bits per heavy atom. The monoisotopic (exact) mass is 528 g/mol. The lowest BCUT2D eigenvalue weighted by atomic mass is 9.91. The van der Waals surface area contributed by atoms with Gasteiger partial charge < -0.3 is 15.2 Å². The number of allylic oxidation sites excluding steroid dienone is 3. The van der Waals surface area contributed by atoms with E-state index in [0.717, 1.165) is 17.7 Å². The van der Waals surface area contributed by atoms with Gasteiger partial charge in [0.05, 0.1) is 11.5 Å². The van der Waals surface area contributed by atoms with Gasteiger partial charge in [-0.05, 0) is 24.0 Å². The van der Waals surface area contributed by atoms with E-state index in [9.17, 15) is 22.8 Å². The Bertz CT molecular complexity index is 1320. The molecule has 1 aliphatic heterocycles. The Labute approximate surface area is 217 Å². The zero-order chi connectivity index (χ0) is 27.3. The highest BCUT2D eigenvalue weighted by atomic mass is 19.4. The van der Waals surface area contributed by atoms with Crippen molar-refractivity contribution in [3.8, 4) is 11.4 Å². The summed E-state index contributed by atoms with van der Waals surface area (Å²) in [5, 5.41) is 17.6. The van der Waals surface area contributed by atoms with E-state index in [1.165, 1.54) is 12.1 Å². The minimum atomic E-state index is -4.47. The standard InChI is InChI=1S/C26H27F3N6O3/c1-25(2,15-31-23-18-9-3-4-10-19(18)24(37)34-33-23)14-30-20(36)11-6-12-21-32-22(35-38-21)16-7-5-8-17(13-16)26(27,28)29/h3-5,7-10,13,19,31H,6,11-12,14-15H2,1-2H3,(H,30,36). The van der Waals surface area contributed by atoms with E-state index in [2.05, 4.69) is 31.0 Å². The normalized spacial score (nSPS) is 17.1. The van der Waals surface area contributed by atoms with Gasteiger partial charge in [-0.2, -0.15) is 18.2 Å². The molecule has 1 atom stereocenters. The van der Waals surface area contributed by atoms with Crippen molar-refractivity contribution in [1.82, 2.24) is 20.8 Å². The van der Waals surface area contributed by atoms with Crippen molar-refractivity contribution < 1.29 is 27.3 Å². The van der Waals surface area contributed by atoms with E-state index < -0.39 is 17.7 Å². The molecule has 2 amide bonds. The van der Waals surface area contributed by atoms with Crippen LogP contribution in [0.25, 0.3) is 11.4 Å². The van der Waals surface area contributed by atoms with E-state index in [1.807, 2.05) is 26.0 Å². The van der Waals surface area contributed by atoms with Crippen LogP contribution in [0.2, 0.25) is 0 Å². The summed E-state index contributed by atoms with van der Waals surface area (Å²) in [5.41, 5.74) is -0.146. The number of azo groups is 1. The molecule has 2 aromatic rings. The van der Waals surface area contributed by atoms with Crippen LogP contribution in [0.4, 0.5) is 13.2 Å². The smallest absolute Gasteiger partial charge is 0.368 e. The molecule has 1 aromatic carbocycles. The van der Waals surface area contributed by atoms with Gasteiger partial charge in [0, 0.05) is 37.1 Å². The molecule has 0 radical (unpaired) electrons. The molecule has 2 heterocycles. The SMILES string of the molecule is CC(C)(CNC(=O)CCCc1nc(-c2cccc(C(F)(F)F)c2)no1)CNC1=C2C=CC=CC2C(=O)N=N1. The fourth-order valence-corrected chi connectivity index (χ4v) is 3.86. The van der Waals surface area contributed by atoms with Crippen LogP contribution < -0.4 is 10.6 Å². The first-order valence-electron chi connectivity index (χ1n) is 12.1. The zero-order valence-corrected chi connectivity index (χ0v) is 20.9. The number of hydrogen-bond donors (Lipinski definition) is 2. The number of hydrogen-bond acceptors (Lipinski definition) is 7. The Kier molecular flexibility index (Phi) is 7.88. The molecule has 1 aliphatic carbocycles. The van der Waals surface area contributed by atoms with Gasteiger partial charge in [0.2, 0.25) is 17.6 Å². The summed E-state index contributed by atoms with van der Waals surface area (Å²) < 4.78 is 44.0. The van der Waals surface area contributed by atoms with Gasteiger partial charge >= 0.3 is 6.18 Å². The molecule has 0 saturated carbocycles. The largest absolute Gasteiger partial charge is 0.416 e. The Balaban J connectivity index is 1.21. The molecule has 2 N–H and O–H groups in total. The van der Waals surface area contributed by atoms with Crippen LogP contribution in [0, 0.1) is 11.3 Å². The lowest BCUT2D eigenvalue weighted by Crippen LogP contribution is -2.40. The number of nitrogens with one attached hydrogen (secondary N) is 2. The lowest BCUT2D eigenvalue weighted by Gasteiger charge is -2.27. The van der Waals surface area contributed by atoms with Gasteiger partial charge in [0.25, 0.3) is 5.91 Å². The number of halogens is 3. The maximum atomic E-state index is 12.9. The number of amides is 2. The molecule has 0 fully saturated rings. The van der Waals surface area contributed by atoms with Gasteiger partial charge in [0.15, 0.2) is 5.82 Å². The van der Waals surface area contributed by atoms with Crippen LogP contribution in [-0.4, -0.2) is 35.0 Å². The topological polar surface area (TPSA) is 122 Å². The van der Waals surface area contributed by atoms with E-state index in [4.69, 9.17) is 4.52 Å². The molecule has 0 spiro atoms. The number of aromatic nitrogens is 2. The number of carbonyl (C=O) groups excluding carboxylic acids is 2. The van der Waals surface area contributed by atoms with Gasteiger partial charge in [0.1, 0.15) is 0 Å². The maximum absolute atomic E-state index is 12.9. The lowest BCUT2D eigenvalue weighted by molar-refractivity contribution is -0.137. The number of rotatable bonds is 10. The van der Waals surface area contributed by atoms with E-state index in [0.29, 0.717) is 31.8 Å². The van der Waals surface area contributed by atoms with Crippen molar-refractivity contribution in [1.29, 1.82) is 0 Å². The first-order chi connectivity index (χ1) is 18.0. The third kappa shape index (κ3) is 6.81. The molecule has 4 rings (SSSR count). The Hall–Kier alpha value is -4.09. The van der Waals surface area contributed by atoms with Crippen molar-refractivity contribution in [3.05, 3.63) is 71.4 Å². The predicted molar refractivity (Wildman–Crippen MR) is 131 cm³/mol. The first-order valence-corrected chi connectivity index (χ1v) is 12.1. The maximum Gasteiger partial charge on any atom is 0.416 e. The molecular formula is C26H27F3N6O3. The molecule has 12 heteroatoms. The first kappa shape index (κ1) is 27.0. The van der Waals surface area contributed by atoms with Gasteiger partial charge in [-0.3, -0.25) is 9.59 Å². The fourth-order valence-electron chi connectivity index (χ4n) is 3.86. The molecule has 2 aliphatic rings. The molecule has 0 saturated heterocycles. The third-order valence-electron chi connectivity index (χ3n) is 6.02. The quantitative estimate of drug-likeness (QED) is 0.459. The molecule has 0 bridgehead atoms. The number of alkyl halides is 3. The number of nitrogens with zero attached hydrogens (tertiary/aromatic N) is 4. The van der Waals surface area contributed by atoms with Crippen molar-refractivity contribution in [3.63, 3.8) is 0 Å². The average Bonchev–Trinajstić information content (AvgIpc) is 3.36. The summed E-state index contributed by atoms with van der Waals surface area (Å²) in [6.07, 6.45) is 3.76. The Morgan fingerprint density at radius 1 is 1.13 bits per heavy atom. The van der Waals surface area contributed by atoms with Crippen molar-refractivity contribution >= 4 is 11.8 Å². The number of carbonyl (C=O) groups is 2. The van der Waals surface area contributed by atoms with Gasteiger partial charge in [-0.15, -0.1) is 10.2 Å². The van der Waals surface area contributed by atoms with Crippen molar-refractivity contribution in [2.45, 2.75) is 39.3 Å². The van der Waals surface area contributed by atoms with Crippen LogP contribution in [0.1, 0.15) is 38.1 Å². The highest BCUT2D eigenvalue weighted by Gasteiger charge is 2.31. The highest BCUT2D eigenvalue weighted by molar-refractivity contribution is 5.86. The van der Waals surface area contributed by atoms with Crippen LogP contribution in [0.5, 0.6) is 0 Å². The van der Waals surface area contributed by atoms with Gasteiger partial charge in [-0.1, -0.05) is 55.4 Å². The molecule has 1 unspecified atom stereocenters. The van der Waals surface area contributed by atoms with Crippen LogP contribution in [0.15, 0.2) is 74.7 Å². The minimum Gasteiger partial charge on any atom is -0.368 e. The fraction of sp³-hybridized carbons (Fsp3) is 0.385. The van der Waals surface area contributed by atoms with Crippen molar-refractivity contribution in [2.24, 2.45) is 21.6 Å². The second-order valence-corrected chi connectivity index (χ2v) is 9.80. The van der Waals surface area contributed by atoms with E-state index in [-0.39, 0.29) is 40.9 Å². The highest BCUT2D eigenvalue weighted by Crippen LogP contribution is 2.31. The molecule has 38 heavy (non-hydrogen) atoms. The number of fused-ring (bicyclic) bond motifs is 1. The zero-order valence-electron chi connectivity index (χ0n) is 20.9. The molecular weight excluding hydrogens is 501 g/mol. The van der Waals surface area contributed by atoms with E-state index >= 15 is 0 Å². The van der Waals surface area contributed by atoms with E-state index in [1.54, 1.807) is 12.2 Å². The molecule has 9 nitrogen and oxygen atoms in total. The summed E-state index contributed by atoms with van der Waals surface area (Å²) in [4.78, 5) is 28.5.